The molecule has 0 radical (unpaired) electrons. The number of piperidine rings is 1. The summed E-state index contributed by atoms with van der Waals surface area (Å²) in [6.45, 7) is 1.40. The van der Waals surface area contributed by atoms with Gasteiger partial charge in [0.15, 0.2) is 0 Å². The number of hydrogen-bond acceptors (Lipinski definition) is 5. The van der Waals surface area contributed by atoms with Crippen molar-refractivity contribution < 1.29 is 14.3 Å². The van der Waals surface area contributed by atoms with Gasteiger partial charge in [0.05, 0.1) is 6.54 Å². The summed E-state index contributed by atoms with van der Waals surface area (Å²) in [7, 11) is 3.16. The molecule has 1 saturated heterocycles. The van der Waals surface area contributed by atoms with E-state index in [-0.39, 0.29) is 18.4 Å². The van der Waals surface area contributed by atoms with E-state index in [0.717, 1.165) is 17.6 Å². The van der Waals surface area contributed by atoms with Crippen LogP contribution in [0, 0.1) is 0 Å². The molecular weight excluding hydrogens is 364 g/mol. The van der Waals surface area contributed by atoms with Crippen LogP contribution in [0.4, 0.5) is 5.82 Å². The topological polar surface area (TPSA) is 83.6 Å². The number of aromatic nitrogens is 1. The number of hydrogen-bond donors (Lipinski definition) is 2. The molecule has 2 N–H and O–H groups in total. The summed E-state index contributed by atoms with van der Waals surface area (Å²) in [5.41, 5.74) is -0.837. The number of pyridine rings is 1. The Balaban J connectivity index is 1.94. The van der Waals surface area contributed by atoms with Gasteiger partial charge in [-0.15, -0.1) is 0 Å². The maximum Gasteiger partial charge on any atom is 0.255 e. The van der Waals surface area contributed by atoms with Crippen LogP contribution >= 0.6 is 15.9 Å². The van der Waals surface area contributed by atoms with Crippen LogP contribution in [0.25, 0.3) is 0 Å². The number of anilines is 1. The van der Waals surface area contributed by atoms with Crippen LogP contribution in [-0.4, -0.2) is 61.1 Å². The Hall–Kier alpha value is -1.51. The fourth-order valence-electron chi connectivity index (χ4n) is 2.60. The Bertz CT molecular complexity index is 558. The Labute approximate surface area is 143 Å². The van der Waals surface area contributed by atoms with Crippen LogP contribution in [0.1, 0.15) is 12.8 Å². The zero-order chi connectivity index (χ0) is 16.9. The molecule has 1 aliphatic rings. The van der Waals surface area contributed by atoms with E-state index in [4.69, 9.17) is 4.74 Å². The molecule has 1 aliphatic heterocycles. The number of nitrogens with one attached hydrogen (secondary N) is 2. The minimum Gasteiger partial charge on any atom is -0.368 e. The van der Waals surface area contributed by atoms with Crippen LogP contribution in [0.3, 0.4) is 0 Å². The van der Waals surface area contributed by atoms with Crippen molar-refractivity contribution in [2.45, 2.75) is 18.4 Å². The van der Waals surface area contributed by atoms with Crippen molar-refractivity contribution in [2.75, 3.05) is 39.1 Å². The van der Waals surface area contributed by atoms with Crippen LogP contribution < -0.4 is 10.6 Å². The lowest BCUT2D eigenvalue weighted by atomic mass is 9.90. The first kappa shape index (κ1) is 17.8. The lowest BCUT2D eigenvalue weighted by molar-refractivity contribution is -0.157. The number of carbonyl (C=O) groups is 2. The van der Waals surface area contributed by atoms with Crippen LogP contribution in [-0.2, 0) is 14.3 Å². The highest BCUT2D eigenvalue weighted by Gasteiger charge is 2.41. The number of nitrogens with zero attached hydrogens (tertiary/aromatic N) is 2. The molecule has 2 heterocycles. The van der Waals surface area contributed by atoms with Crippen LogP contribution in [0.15, 0.2) is 22.8 Å². The Kier molecular flexibility index (Phi) is 6.09. The van der Waals surface area contributed by atoms with Gasteiger partial charge in [-0.1, -0.05) is 0 Å². The van der Waals surface area contributed by atoms with Crippen molar-refractivity contribution >= 4 is 33.6 Å². The molecule has 8 heteroatoms. The Morgan fingerprint density at radius 3 is 2.70 bits per heavy atom. The van der Waals surface area contributed by atoms with Gasteiger partial charge >= 0.3 is 0 Å². The molecule has 0 spiro atoms. The van der Waals surface area contributed by atoms with Crippen LogP contribution in [0.5, 0.6) is 0 Å². The number of amides is 2. The largest absolute Gasteiger partial charge is 0.368 e. The first-order valence-corrected chi connectivity index (χ1v) is 8.19. The van der Waals surface area contributed by atoms with Crippen LogP contribution in [0.2, 0.25) is 0 Å². The molecular formula is C15H21BrN4O3. The molecule has 1 aromatic rings. The predicted molar refractivity (Wildman–Crippen MR) is 90.0 cm³/mol. The number of methoxy groups -OCH3 is 1. The molecule has 1 aromatic heterocycles. The number of ether oxygens (including phenoxy) is 1. The molecule has 0 bridgehead atoms. The minimum absolute atomic E-state index is 0.0465. The fraction of sp³-hybridized carbons (Fsp3) is 0.533. The van der Waals surface area contributed by atoms with E-state index in [1.54, 1.807) is 32.5 Å². The van der Waals surface area contributed by atoms with E-state index in [1.165, 1.54) is 4.90 Å². The monoisotopic (exact) mass is 384 g/mol. The maximum absolute atomic E-state index is 12.7. The highest BCUT2D eigenvalue weighted by molar-refractivity contribution is 9.10. The predicted octanol–water partition coefficient (Wildman–Crippen LogP) is 1.01. The maximum atomic E-state index is 12.7. The molecule has 1 fully saturated rings. The lowest BCUT2D eigenvalue weighted by Crippen LogP contribution is -2.55. The van der Waals surface area contributed by atoms with Crippen molar-refractivity contribution in [3.8, 4) is 0 Å². The van der Waals surface area contributed by atoms with Gasteiger partial charge in [-0.25, -0.2) is 4.98 Å². The normalized spacial score (nSPS) is 16.7. The number of carbonyl (C=O) groups excluding carboxylic acids is 2. The van der Waals surface area contributed by atoms with E-state index >= 15 is 0 Å². The van der Waals surface area contributed by atoms with Gasteiger partial charge in [0.2, 0.25) is 5.91 Å². The summed E-state index contributed by atoms with van der Waals surface area (Å²) < 4.78 is 6.32. The van der Waals surface area contributed by atoms with E-state index in [9.17, 15) is 9.59 Å². The summed E-state index contributed by atoms with van der Waals surface area (Å²) in [5.74, 6) is -0.0151. The zero-order valence-electron chi connectivity index (χ0n) is 13.3. The van der Waals surface area contributed by atoms with Gasteiger partial charge in [-0.05, 0) is 54.0 Å². The van der Waals surface area contributed by atoms with Gasteiger partial charge < -0.3 is 20.3 Å². The second kappa shape index (κ2) is 7.85. The molecule has 0 saturated carbocycles. The summed E-state index contributed by atoms with van der Waals surface area (Å²) >= 11 is 3.28. The molecule has 0 unspecified atom stereocenters. The smallest absolute Gasteiger partial charge is 0.255 e. The number of likely N-dealkylation sites (N-methyl/N-ethyl adjacent to an activating group) is 1. The molecule has 0 aliphatic carbocycles. The first-order valence-electron chi connectivity index (χ1n) is 7.40. The van der Waals surface area contributed by atoms with E-state index in [2.05, 4.69) is 31.5 Å². The molecule has 0 atom stereocenters. The van der Waals surface area contributed by atoms with E-state index < -0.39 is 5.60 Å². The second-order valence-corrected chi connectivity index (χ2v) is 6.44. The summed E-state index contributed by atoms with van der Waals surface area (Å²) in [6.07, 6.45) is 2.80. The van der Waals surface area contributed by atoms with E-state index in [1.807, 2.05) is 0 Å². The van der Waals surface area contributed by atoms with Gasteiger partial charge in [-0.3, -0.25) is 9.59 Å². The quantitative estimate of drug-likeness (QED) is 0.791. The standard InChI is InChI=1S/C15H21BrN4O3/c1-20(14(22)15(23-2)5-7-17-8-6-15)10-13(21)19-12-4-3-11(16)9-18-12/h3-4,9,17H,5-8,10H2,1-2H3,(H,18,19,21). The lowest BCUT2D eigenvalue weighted by Gasteiger charge is -2.37. The molecule has 0 aromatic carbocycles. The number of rotatable bonds is 5. The van der Waals surface area contributed by atoms with Gasteiger partial charge in [0, 0.05) is 24.8 Å². The third-order valence-electron chi connectivity index (χ3n) is 3.91. The van der Waals surface area contributed by atoms with Crippen molar-refractivity contribution in [1.29, 1.82) is 0 Å². The molecule has 7 nitrogen and oxygen atoms in total. The second-order valence-electron chi connectivity index (χ2n) is 5.52. The van der Waals surface area contributed by atoms with Crippen molar-refractivity contribution in [3.05, 3.63) is 22.8 Å². The van der Waals surface area contributed by atoms with Crippen molar-refractivity contribution in [1.82, 2.24) is 15.2 Å². The SMILES string of the molecule is COC1(C(=O)N(C)CC(=O)Nc2ccc(Br)cn2)CCNCC1. The minimum atomic E-state index is -0.837. The van der Waals surface area contributed by atoms with E-state index in [0.29, 0.717) is 18.7 Å². The zero-order valence-corrected chi connectivity index (χ0v) is 14.9. The van der Waals surface area contributed by atoms with Crippen molar-refractivity contribution in [3.63, 3.8) is 0 Å². The Morgan fingerprint density at radius 2 is 2.13 bits per heavy atom. The first-order chi connectivity index (χ1) is 11.0. The molecule has 23 heavy (non-hydrogen) atoms. The molecule has 2 rings (SSSR count). The van der Waals surface area contributed by atoms with Crippen molar-refractivity contribution in [2.24, 2.45) is 0 Å². The highest BCUT2D eigenvalue weighted by Crippen LogP contribution is 2.24. The average Bonchev–Trinajstić information content (AvgIpc) is 2.56. The molecule has 2 amide bonds. The highest BCUT2D eigenvalue weighted by atomic mass is 79.9. The third-order valence-corrected chi connectivity index (χ3v) is 4.38. The molecule has 126 valence electrons. The van der Waals surface area contributed by atoms with Gasteiger partial charge in [0.25, 0.3) is 5.91 Å². The van der Waals surface area contributed by atoms with Gasteiger partial charge in [-0.2, -0.15) is 0 Å². The third kappa shape index (κ3) is 4.49. The fourth-order valence-corrected chi connectivity index (χ4v) is 2.84. The summed E-state index contributed by atoms with van der Waals surface area (Å²) in [5, 5.41) is 5.87. The Morgan fingerprint density at radius 1 is 1.43 bits per heavy atom. The average molecular weight is 385 g/mol. The van der Waals surface area contributed by atoms with Gasteiger partial charge in [0.1, 0.15) is 11.4 Å². The summed E-state index contributed by atoms with van der Waals surface area (Å²) in [6, 6.07) is 3.47. The number of halogens is 1. The summed E-state index contributed by atoms with van der Waals surface area (Å²) in [4.78, 5) is 30.2.